The number of hydrogen-bond donors (Lipinski definition) is 1. The lowest BCUT2D eigenvalue weighted by atomic mass is 10.1. The fourth-order valence-corrected chi connectivity index (χ4v) is 5.00. The fourth-order valence-electron chi connectivity index (χ4n) is 4.16. The van der Waals surface area contributed by atoms with E-state index in [2.05, 4.69) is 4.98 Å². The van der Waals surface area contributed by atoms with Crippen molar-refractivity contribution in [2.45, 2.75) is 45.2 Å². The third-order valence-corrected chi connectivity index (χ3v) is 6.72. The molecule has 30 heavy (non-hydrogen) atoms. The van der Waals surface area contributed by atoms with Crippen molar-refractivity contribution in [2.75, 3.05) is 26.8 Å². The Bertz CT molecular complexity index is 1010. The zero-order chi connectivity index (χ0) is 21.3. The van der Waals surface area contributed by atoms with Gasteiger partial charge in [0.25, 0.3) is 11.5 Å². The average molecular weight is 431 g/mol. The van der Waals surface area contributed by atoms with Gasteiger partial charge in [-0.1, -0.05) is 0 Å². The lowest BCUT2D eigenvalue weighted by Gasteiger charge is -2.29. The van der Waals surface area contributed by atoms with E-state index in [0.29, 0.717) is 48.8 Å². The maximum Gasteiger partial charge on any atom is 0.264 e. The number of thiophene rings is 1. The predicted molar refractivity (Wildman–Crippen MR) is 113 cm³/mol. The van der Waals surface area contributed by atoms with Crippen LogP contribution in [-0.2, 0) is 22.5 Å². The van der Waals surface area contributed by atoms with Crippen molar-refractivity contribution in [1.82, 2.24) is 19.8 Å². The van der Waals surface area contributed by atoms with Gasteiger partial charge < -0.3 is 19.5 Å². The first kappa shape index (κ1) is 20.7. The summed E-state index contributed by atoms with van der Waals surface area (Å²) in [5, 5.41) is 0. The van der Waals surface area contributed by atoms with E-state index in [1.807, 2.05) is 19.1 Å². The van der Waals surface area contributed by atoms with Crippen LogP contribution >= 0.6 is 11.3 Å². The molecule has 0 bridgehead atoms. The van der Waals surface area contributed by atoms with Gasteiger partial charge in [-0.15, -0.1) is 11.3 Å². The van der Waals surface area contributed by atoms with Gasteiger partial charge in [-0.05, 0) is 31.9 Å². The molecule has 0 aromatic carbocycles. The number of amides is 2. The number of likely N-dealkylation sites (tertiary alicyclic amines) is 1. The molecule has 160 valence electrons. The Morgan fingerprint density at radius 3 is 2.90 bits per heavy atom. The van der Waals surface area contributed by atoms with Crippen LogP contribution in [0.25, 0.3) is 0 Å². The molecule has 9 heteroatoms. The SMILES string of the molecule is COCCC(=O)N1CCC[C@H]1c1nc2c(c(=O)[nH]1)CN(C(=O)c1ccc(C)s1)CC2. The molecule has 0 saturated carbocycles. The van der Waals surface area contributed by atoms with Crippen molar-refractivity contribution in [3.63, 3.8) is 0 Å². The molecule has 0 unspecified atom stereocenters. The van der Waals surface area contributed by atoms with Gasteiger partial charge in [-0.3, -0.25) is 14.4 Å². The van der Waals surface area contributed by atoms with E-state index < -0.39 is 0 Å². The van der Waals surface area contributed by atoms with E-state index >= 15 is 0 Å². The highest BCUT2D eigenvalue weighted by molar-refractivity contribution is 7.13. The van der Waals surface area contributed by atoms with Gasteiger partial charge in [0.15, 0.2) is 0 Å². The summed E-state index contributed by atoms with van der Waals surface area (Å²) in [5.74, 6) is 0.520. The number of nitrogens with one attached hydrogen (secondary N) is 1. The molecule has 1 fully saturated rings. The zero-order valence-corrected chi connectivity index (χ0v) is 18.1. The quantitative estimate of drug-likeness (QED) is 0.783. The molecule has 8 nitrogen and oxygen atoms in total. The Balaban J connectivity index is 1.54. The minimum atomic E-state index is -0.217. The first-order valence-corrected chi connectivity index (χ1v) is 11.1. The Kier molecular flexibility index (Phi) is 6.01. The summed E-state index contributed by atoms with van der Waals surface area (Å²) in [6.07, 6.45) is 2.52. The number of carbonyl (C=O) groups excluding carboxylic acids is 2. The van der Waals surface area contributed by atoms with Gasteiger partial charge in [-0.2, -0.15) is 0 Å². The Morgan fingerprint density at radius 2 is 2.17 bits per heavy atom. The molecule has 0 aliphatic carbocycles. The summed E-state index contributed by atoms with van der Waals surface area (Å²) in [6, 6.07) is 3.55. The number of methoxy groups -OCH3 is 1. The van der Waals surface area contributed by atoms with Gasteiger partial charge in [0.2, 0.25) is 5.91 Å². The van der Waals surface area contributed by atoms with E-state index in [9.17, 15) is 14.4 Å². The van der Waals surface area contributed by atoms with Gasteiger partial charge in [-0.25, -0.2) is 4.98 Å². The van der Waals surface area contributed by atoms with Crippen molar-refractivity contribution in [1.29, 1.82) is 0 Å². The Labute approximate surface area is 178 Å². The van der Waals surface area contributed by atoms with Crippen LogP contribution in [0.2, 0.25) is 0 Å². The Morgan fingerprint density at radius 1 is 1.33 bits per heavy atom. The third kappa shape index (κ3) is 4.04. The number of hydrogen-bond acceptors (Lipinski definition) is 6. The molecule has 0 radical (unpaired) electrons. The van der Waals surface area contributed by atoms with Crippen LogP contribution in [0, 0.1) is 6.92 Å². The molecule has 4 heterocycles. The molecule has 1 N–H and O–H groups in total. The Hall–Kier alpha value is -2.52. The lowest BCUT2D eigenvalue weighted by molar-refractivity contribution is -0.133. The molecule has 2 aliphatic heterocycles. The minimum Gasteiger partial charge on any atom is -0.384 e. The van der Waals surface area contributed by atoms with Gasteiger partial charge >= 0.3 is 0 Å². The molecule has 1 atom stereocenters. The summed E-state index contributed by atoms with van der Waals surface area (Å²) >= 11 is 1.46. The van der Waals surface area contributed by atoms with E-state index in [4.69, 9.17) is 9.72 Å². The van der Waals surface area contributed by atoms with Crippen LogP contribution < -0.4 is 5.56 Å². The fraction of sp³-hybridized carbons (Fsp3) is 0.524. The number of aromatic amines is 1. The summed E-state index contributed by atoms with van der Waals surface area (Å²) in [7, 11) is 1.57. The number of H-pyrrole nitrogens is 1. The number of ether oxygens (including phenoxy) is 1. The largest absolute Gasteiger partial charge is 0.384 e. The second-order valence-corrected chi connectivity index (χ2v) is 9.04. The normalized spacial score (nSPS) is 18.5. The van der Waals surface area contributed by atoms with Crippen molar-refractivity contribution < 1.29 is 14.3 Å². The zero-order valence-electron chi connectivity index (χ0n) is 17.3. The van der Waals surface area contributed by atoms with Crippen LogP contribution in [0.15, 0.2) is 16.9 Å². The van der Waals surface area contributed by atoms with Gasteiger partial charge in [0, 0.05) is 31.5 Å². The maximum absolute atomic E-state index is 12.8. The summed E-state index contributed by atoms with van der Waals surface area (Å²) in [4.78, 5) is 51.0. The standard InChI is InChI=1S/C21H26N4O4S/c1-13-5-6-17(30-13)21(28)24-10-7-15-14(12-24)20(27)23-19(22-15)16-4-3-9-25(16)18(26)8-11-29-2/h5-6,16H,3-4,7-12H2,1-2H3,(H,22,23,27)/t16-/m0/s1. The molecule has 0 spiro atoms. The topological polar surface area (TPSA) is 95.6 Å². The van der Waals surface area contributed by atoms with E-state index in [1.165, 1.54) is 11.3 Å². The molecule has 2 aliphatic rings. The van der Waals surface area contributed by atoms with Crippen molar-refractivity contribution in [2.24, 2.45) is 0 Å². The summed E-state index contributed by atoms with van der Waals surface area (Å²) in [5.41, 5.74) is 1.06. The number of rotatable bonds is 5. The van der Waals surface area contributed by atoms with Crippen LogP contribution in [0.4, 0.5) is 0 Å². The summed E-state index contributed by atoms with van der Waals surface area (Å²) < 4.78 is 5.02. The van der Waals surface area contributed by atoms with E-state index in [1.54, 1.807) is 16.9 Å². The minimum absolute atomic E-state index is 0.0164. The maximum atomic E-state index is 12.8. The molecule has 2 aromatic heterocycles. The van der Waals surface area contributed by atoms with Crippen LogP contribution in [0.3, 0.4) is 0 Å². The first-order valence-electron chi connectivity index (χ1n) is 10.2. The number of nitrogens with zero attached hydrogens (tertiary/aromatic N) is 3. The molecule has 2 amide bonds. The van der Waals surface area contributed by atoms with Crippen LogP contribution in [0.5, 0.6) is 0 Å². The first-order chi connectivity index (χ1) is 14.5. The van der Waals surface area contributed by atoms with Gasteiger partial charge in [0.05, 0.1) is 41.7 Å². The monoisotopic (exact) mass is 430 g/mol. The molecule has 4 rings (SSSR count). The number of aryl methyl sites for hydroxylation is 1. The highest BCUT2D eigenvalue weighted by Crippen LogP contribution is 2.31. The van der Waals surface area contributed by atoms with Crippen molar-refractivity contribution >= 4 is 23.2 Å². The predicted octanol–water partition coefficient (Wildman–Crippen LogP) is 2.04. The highest BCUT2D eigenvalue weighted by Gasteiger charge is 2.33. The molecular formula is C21H26N4O4S. The highest BCUT2D eigenvalue weighted by atomic mass is 32.1. The van der Waals surface area contributed by atoms with Crippen LogP contribution in [0.1, 0.15) is 56.9 Å². The van der Waals surface area contributed by atoms with Crippen molar-refractivity contribution in [3.05, 3.63) is 49.3 Å². The number of aromatic nitrogens is 2. The number of carbonyl (C=O) groups is 2. The van der Waals surface area contributed by atoms with Crippen LogP contribution in [-0.4, -0.2) is 58.4 Å². The smallest absolute Gasteiger partial charge is 0.264 e. The van der Waals surface area contributed by atoms with Gasteiger partial charge in [0.1, 0.15) is 5.82 Å². The van der Waals surface area contributed by atoms with E-state index in [-0.39, 0.29) is 30.0 Å². The van der Waals surface area contributed by atoms with Crippen molar-refractivity contribution in [3.8, 4) is 0 Å². The summed E-state index contributed by atoms with van der Waals surface area (Å²) in [6.45, 7) is 3.80. The molecule has 2 aromatic rings. The molecular weight excluding hydrogens is 404 g/mol. The third-order valence-electron chi connectivity index (χ3n) is 5.73. The average Bonchev–Trinajstić information content (AvgIpc) is 3.40. The van der Waals surface area contributed by atoms with E-state index in [0.717, 1.165) is 23.4 Å². The number of fused-ring (bicyclic) bond motifs is 1. The molecule has 1 saturated heterocycles. The lowest BCUT2D eigenvalue weighted by Crippen LogP contribution is -2.40. The second-order valence-electron chi connectivity index (χ2n) is 7.75. The second kappa shape index (κ2) is 8.69.